The summed E-state index contributed by atoms with van der Waals surface area (Å²) in [6.45, 7) is 4.14. The third-order valence-corrected chi connectivity index (χ3v) is 9.89. The van der Waals surface area contributed by atoms with Gasteiger partial charge < -0.3 is 20.6 Å². The van der Waals surface area contributed by atoms with Crippen molar-refractivity contribution in [1.82, 2.24) is 5.32 Å². The fraction of sp³-hybridized carbons (Fsp3) is 0.804. The van der Waals surface area contributed by atoms with Gasteiger partial charge >= 0.3 is 0 Å². The third-order valence-electron chi connectivity index (χ3n) is 9.89. The van der Waals surface area contributed by atoms with Crippen LogP contribution in [0.4, 0.5) is 0 Å². The van der Waals surface area contributed by atoms with Crippen LogP contribution in [0.3, 0.4) is 0 Å². The quantitative estimate of drug-likeness (QED) is 0.0377. The zero-order valence-electron chi connectivity index (χ0n) is 33.7. The standard InChI is InChI=1S/C46H85NO4/c1-3-5-7-9-11-13-15-17-19-21-22-23-24-25-27-28-30-32-34-36-38-40-44(49)43(42-48)47-46(51)45(50)41-39-37-35-33-31-29-26-20-18-16-14-12-10-8-6-4-2/h12,14,18,20,30,32,38,40,43-45,48-50H,3-11,13,15-17,19,21-29,31,33-37,39,41-42H2,1-2H3,(H,47,51)/b14-12-,20-18-,32-30+,40-38+. The van der Waals surface area contributed by atoms with Gasteiger partial charge in [0.05, 0.1) is 18.8 Å². The summed E-state index contributed by atoms with van der Waals surface area (Å²) >= 11 is 0. The molecule has 0 aromatic heterocycles. The number of carbonyl (C=O) groups excluding carboxylic acids is 1. The molecule has 0 aromatic rings. The number of hydrogen-bond acceptors (Lipinski definition) is 4. The van der Waals surface area contributed by atoms with E-state index in [1.807, 2.05) is 6.08 Å². The molecule has 0 aliphatic heterocycles. The van der Waals surface area contributed by atoms with E-state index in [1.165, 1.54) is 141 Å². The SMILES string of the molecule is CCCCC/C=C\C/C=C\CCCCCCCCC(O)C(=O)NC(CO)C(O)/C=C/CC/C=C/CCCCCCCCCCCCCCCCC. The zero-order chi connectivity index (χ0) is 37.3. The second-order valence-corrected chi connectivity index (χ2v) is 14.9. The minimum atomic E-state index is -1.12. The van der Waals surface area contributed by atoms with Crippen LogP contribution < -0.4 is 5.32 Å². The molecule has 0 aliphatic carbocycles. The summed E-state index contributed by atoms with van der Waals surface area (Å²) in [5.74, 6) is -0.522. The second kappa shape index (κ2) is 41.1. The van der Waals surface area contributed by atoms with Gasteiger partial charge in [0.15, 0.2) is 0 Å². The number of rotatable bonds is 39. The molecule has 3 atom stereocenters. The van der Waals surface area contributed by atoms with Crippen LogP contribution in [0.15, 0.2) is 48.6 Å². The Kier molecular flexibility index (Phi) is 39.7. The van der Waals surface area contributed by atoms with E-state index in [0.29, 0.717) is 6.42 Å². The number of aliphatic hydroxyl groups excluding tert-OH is 3. The number of aliphatic hydroxyl groups is 3. The van der Waals surface area contributed by atoms with Gasteiger partial charge in [0.25, 0.3) is 0 Å². The van der Waals surface area contributed by atoms with Gasteiger partial charge in [0.1, 0.15) is 6.10 Å². The lowest BCUT2D eigenvalue weighted by Gasteiger charge is -2.21. The lowest BCUT2D eigenvalue weighted by atomic mass is 10.0. The summed E-state index contributed by atoms with van der Waals surface area (Å²) in [6, 6.07) is -0.820. The average Bonchev–Trinajstić information content (AvgIpc) is 3.13. The van der Waals surface area contributed by atoms with E-state index in [0.717, 1.165) is 51.4 Å². The summed E-state index contributed by atoms with van der Waals surface area (Å²) in [5.41, 5.74) is 0. The van der Waals surface area contributed by atoms with Gasteiger partial charge in [-0.25, -0.2) is 0 Å². The normalized spacial score (nSPS) is 14.1. The van der Waals surface area contributed by atoms with Gasteiger partial charge in [0.2, 0.25) is 5.91 Å². The van der Waals surface area contributed by atoms with Gasteiger partial charge in [-0.1, -0.05) is 197 Å². The van der Waals surface area contributed by atoms with Crippen LogP contribution in [-0.4, -0.2) is 46.1 Å². The predicted octanol–water partition coefficient (Wildman–Crippen LogP) is 12.5. The first-order valence-electron chi connectivity index (χ1n) is 22.0. The maximum Gasteiger partial charge on any atom is 0.249 e. The van der Waals surface area contributed by atoms with E-state index in [-0.39, 0.29) is 6.61 Å². The highest BCUT2D eigenvalue weighted by Crippen LogP contribution is 2.14. The van der Waals surface area contributed by atoms with Crippen molar-refractivity contribution in [2.75, 3.05) is 6.61 Å². The number of allylic oxidation sites excluding steroid dienone is 7. The Labute approximate surface area is 316 Å². The molecule has 0 aliphatic rings. The Balaban J connectivity index is 3.74. The molecular weight excluding hydrogens is 631 g/mol. The largest absolute Gasteiger partial charge is 0.394 e. The molecule has 3 unspecified atom stereocenters. The van der Waals surface area contributed by atoms with Gasteiger partial charge in [-0.15, -0.1) is 0 Å². The molecule has 5 heteroatoms. The summed E-state index contributed by atoms with van der Waals surface area (Å²) < 4.78 is 0. The molecule has 0 saturated carbocycles. The topological polar surface area (TPSA) is 89.8 Å². The minimum absolute atomic E-state index is 0.381. The Morgan fingerprint density at radius 2 is 0.863 bits per heavy atom. The Hall–Kier alpha value is -1.69. The number of amides is 1. The van der Waals surface area contributed by atoms with E-state index in [2.05, 4.69) is 55.6 Å². The molecule has 0 aromatic carbocycles. The first-order chi connectivity index (χ1) is 25.1. The van der Waals surface area contributed by atoms with Crippen molar-refractivity contribution in [2.45, 2.75) is 231 Å². The number of unbranched alkanes of at least 4 members (excludes halogenated alkanes) is 25. The molecule has 298 valence electrons. The highest BCUT2D eigenvalue weighted by Gasteiger charge is 2.22. The first-order valence-corrected chi connectivity index (χ1v) is 22.0. The first kappa shape index (κ1) is 49.3. The van der Waals surface area contributed by atoms with Gasteiger partial charge in [-0.3, -0.25) is 4.79 Å². The van der Waals surface area contributed by atoms with Crippen LogP contribution in [0.1, 0.15) is 213 Å². The highest BCUT2D eigenvalue weighted by molar-refractivity contribution is 5.80. The van der Waals surface area contributed by atoms with Crippen molar-refractivity contribution in [3.05, 3.63) is 48.6 Å². The summed E-state index contributed by atoms with van der Waals surface area (Å²) in [4.78, 5) is 12.4. The Bertz CT molecular complexity index is 835. The van der Waals surface area contributed by atoms with E-state index in [4.69, 9.17) is 0 Å². The fourth-order valence-corrected chi connectivity index (χ4v) is 6.41. The van der Waals surface area contributed by atoms with Crippen LogP contribution in [0.25, 0.3) is 0 Å². The summed E-state index contributed by atoms with van der Waals surface area (Å²) in [6.07, 6.45) is 52.8. The molecule has 0 heterocycles. The average molecular weight is 716 g/mol. The maximum atomic E-state index is 12.4. The Morgan fingerprint density at radius 1 is 0.490 bits per heavy atom. The Morgan fingerprint density at radius 3 is 1.35 bits per heavy atom. The van der Waals surface area contributed by atoms with E-state index < -0.39 is 24.2 Å². The third kappa shape index (κ3) is 36.5. The molecule has 0 rings (SSSR count). The lowest BCUT2D eigenvalue weighted by Crippen LogP contribution is -2.48. The molecule has 1 amide bonds. The molecule has 0 radical (unpaired) electrons. The van der Waals surface area contributed by atoms with Crippen LogP contribution in [0.5, 0.6) is 0 Å². The molecular formula is C46H85NO4. The zero-order valence-corrected chi connectivity index (χ0v) is 33.7. The van der Waals surface area contributed by atoms with Gasteiger partial charge in [-0.05, 0) is 64.2 Å². The van der Waals surface area contributed by atoms with Crippen molar-refractivity contribution >= 4 is 5.91 Å². The second-order valence-electron chi connectivity index (χ2n) is 14.9. The van der Waals surface area contributed by atoms with Crippen molar-refractivity contribution in [3.8, 4) is 0 Å². The molecule has 5 nitrogen and oxygen atoms in total. The van der Waals surface area contributed by atoms with Crippen molar-refractivity contribution in [2.24, 2.45) is 0 Å². The molecule has 0 fully saturated rings. The van der Waals surface area contributed by atoms with E-state index in [9.17, 15) is 20.1 Å². The summed E-state index contributed by atoms with van der Waals surface area (Å²) in [5, 5.41) is 33.1. The monoisotopic (exact) mass is 716 g/mol. The fourth-order valence-electron chi connectivity index (χ4n) is 6.41. The minimum Gasteiger partial charge on any atom is -0.394 e. The van der Waals surface area contributed by atoms with Crippen molar-refractivity contribution in [3.63, 3.8) is 0 Å². The van der Waals surface area contributed by atoms with Crippen molar-refractivity contribution in [1.29, 1.82) is 0 Å². The molecule has 51 heavy (non-hydrogen) atoms. The molecule has 0 bridgehead atoms. The molecule has 4 N–H and O–H groups in total. The van der Waals surface area contributed by atoms with E-state index in [1.54, 1.807) is 6.08 Å². The van der Waals surface area contributed by atoms with Crippen LogP contribution in [0, 0.1) is 0 Å². The molecule has 0 spiro atoms. The van der Waals surface area contributed by atoms with Gasteiger partial charge in [0, 0.05) is 0 Å². The van der Waals surface area contributed by atoms with E-state index >= 15 is 0 Å². The number of hydrogen-bond donors (Lipinski definition) is 4. The van der Waals surface area contributed by atoms with Crippen LogP contribution >= 0.6 is 0 Å². The lowest BCUT2D eigenvalue weighted by molar-refractivity contribution is -0.131. The van der Waals surface area contributed by atoms with Gasteiger partial charge in [-0.2, -0.15) is 0 Å². The molecule has 0 saturated heterocycles. The van der Waals surface area contributed by atoms with Crippen molar-refractivity contribution < 1.29 is 20.1 Å². The summed E-state index contributed by atoms with van der Waals surface area (Å²) in [7, 11) is 0. The number of carbonyl (C=O) groups is 1. The van der Waals surface area contributed by atoms with Crippen LogP contribution in [0.2, 0.25) is 0 Å². The highest BCUT2D eigenvalue weighted by atomic mass is 16.3. The van der Waals surface area contributed by atoms with Crippen LogP contribution in [-0.2, 0) is 4.79 Å². The predicted molar refractivity (Wildman–Crippen MR) is 222 cm³/mol. The maximum absolute atomic E-state index is 12.4. The number of nitrogens with one attached hydrogen (secondary N) is 1. The smallest absolute Gasteiger partial charge is 0.249 e.